The first-order chi connectivity index (χ1) is 16.9. The number of halogens is 1. The van der Waals surface area contributed by atoms with Crippen molar-refractivity contribution in [1.82, 2.24) is 0 Å². The molecule has 0 heterocycles. The molecule has 3 aromatic carbocycles. The van der Waals surface area contributed by atoms with Crippen molar-refractivity contribution in [3.05, 3.63) is 88.7 Å². The maximum atomic E-state index is 16.2. The van der Waals surface area contributed by atoms with Gasteiger partial charge in [-0.25, -0.2) is 4.39 Å². The first-order valence-electron chi connectivity index (χ1n) is 12.2. The second-order valence-electron chi connectivity index (χ2n) is 9.60. The lowest BCUT2D eigenvalue weighted by Crippen LogP contribution is -2.26. The minimum atomic E-state index is -0.218. The Hall–Kier alpha value is -3.34. The molecule has 0 aromatic heterocycles. The zero-order valence-electron chi connectivity index (χ0n) is 21.0. The van der Waals surface area contributed by atoms with Crippen molar-refractivity contribution < 1.29 is 18.7 Å². The highest BCUT2D eigenvalue weighted by Gasteiger charge is 2.31. The number of hydrogen-bond donors (Lipinski definition) is 0. The summed E-state index contributed by atoms with van der Waals surface area (Å²) in [6.07, 6.45) is 1.82. The topological polar surface area (TPSA) is 38.8 Å². The molecule has 1 saturated carbocycles. The zero-order chi connectivity index (χ0) is 24.9. The summed E-state index contributed by atoms with van der Waals surface area (Å²) >= 11 is 0. The molecule has 0 aliphatic heterocycles. The molecule has 0 spiro atoms. The Morgan fingerprint density at radius 1 is 0.914 bits per heavy atom. The standard InChI is InChI=1S/C30H34FNO3/c1-20-15-28(27-17-24(33)10-5-21(27)2)30(31)29(16-20)32(18-22-6-11-25(34-3)12-7-22)19-23-8-13-26(35-4)14-9-23/h6-9,11-16,21,27H,5,10,17-19H2,1-4H3. The average molecular weight is 476 g/mol. The van der Waals surface area contributed by atoms with Crippen LogP contribution in [0.3, 0.4) is 0 Å². The van der Waals surface area contributed by atoms with Gasteiger partial charge in [0.2, 0.25) is 0 Å². The Balaban J connectivity index is 1.73. The molecule has 3 aromatic rings. The summed E-state index contributed by atoms with van der Waals surface area (Å²) in [7, 11) is 3.29. The van der Waals surface area contributed by atoms with Gasteiger partial charge in [-0.05, 0) is 77.8 Å². The van der Waals surface area contributed by atoms with Gasteiger partial charge in [0, 0.05) is 25.9 Å². The second-order valence-corrected chi connectivity index (χ2v) is 9.60. The highest BCUT2D eigenvalue weighted by atomic mass is 19.1. The Bertz CT molecular complexity index is 1110. The van der Waals surface area contributed by atoms with E-state index < -0.39 is 0 Å². The van der Waals surface area contributed by atoms with E-state index in [0.29, 0.717) is 37.2 Å². The highest BCUT2D eigenvalue weighted by molar-refractivity contribution is 5.80. The summed E-state index contributed by atoms with van der Waals surface area (Å²) in [4.78, 5) is 14.3. The van der Waals surface area contributed by atoms with E-state index in [2.05, 4.69) is 11.8 Å². The van der Waals surface area contributed by atoms with Crippen LogP contribution < -0.4 is 14.4 Å². The van der Waals surface area contributed by atoms with Gasteiger partial charge in [-0.1, -0.05) is 37.3 Å². The van der Waals surface area contributed by atoms with Crippen LogP contribution in [-0.4, -0.2) is 20.0 Å². The molecule has 2 unspecified atom stereocenters. The normalized spacial score (nSPS) is 17.8. The lowest BCUT2D eigenvalue weighted by atomic mass is 9.75. The maximum absolute atomic E-state index is 16.2. The van der Waals surface area contributed by atoms with E-state index in [1.54, 1.807) is 14.2 Å². The van der Waals surface area contributed by atoms with E-state index in [1.165, 1.54) is 0 Å². The minimum Gasteiger partial charge on any atom is -0.497 e. The van der Waals surface area contributed by atoms with Crippen molar-refractivity contribution in [2.75, 3.05) is 19.1 Å². The number of benzene rings is 3. The fourth-order valence-electron chi connectivity index (χ4n) is 4.96. The van der Waals surface area contributed by atoms with Crippen LogP contribution in [0.25, 0.3) is 0 Å². The monoisotopic (exact) mass is 475 g/mol. The van der Waals surface area contributed by atoms with Crippen molar-refractivity contribution in [3.8, 4) is 11.5 Å². The summed E-state index contributed by atoms with van der Waals surface area (Å²) in [6, 6.07) is 19.6. The highest BCUT2D eigenvalue weighted by Crippen LogP contribution is 2.40. The molecule has 4 nitrogen and oxygen atoms in total. The number of methoxy groups -OCH3 is 2. The number of rotatable bonds is 8. The SMILES string of the molecule is COc1ccc(CN(Cc2ccc(OC)cc2)c2cc(C)cc(C3CC(=O)CCC3C)c2F)cc1. The summed E-state index contributed by atoms with van der Waals surface area (Å²) in [5, 5.41) is 0. The molecule has 5 heteroatoms. The van der Waals surface area contributed by atoms with Crippen LogP contribution in [0.4, 0.5) is 10.1 Å². The van der Waals surface area contributed by atoms with Crippen LogP contribution in [0.2, 0.25) is 0 Å². The van der Waals surface area contributed by atoms with Gasteiger partial charge in [0.05, 0.1) is 19.9 Å². The van der Waals surface area contributed by atoms with E-state index in [1.807, 2.05) is 67.6 Å². The summed E-state index contributed by atoms with van der Waals surface area (Å²) in [6.45, 7) is 5.20. The van der Waals surface area contributed by atoms with Gasteiger partial charge in [-0.2, -0.15) is 0 Å². The molecule has 0 radical (unpaired) electrons. The third-order valence-corrected chi connectivity index (χ3v) is 7.04. The average Bonchev–Trinajstić information content (AvgIpc) is 2.87. The van der Waals surface area contributed by atoms with Crippen molar-refractivity contribution in [1.29, 1.82) is 0 Å². The Kier molecular flexibility index (Phi) is 7.74. The molecule has 2 atom stereocenters. The number of ether oxygens (including phenoxy) is 2. The molecule has 0 N–H and O–H groups in total. The number of carbonyl (C=O) groups is 1. The first-order valence-corrected chi connectivity index (χ1v) is 12.2. The molecule has 0 amide bonds. The van der Waals surface area contributed by atoms with Crippen LogP contribution in [0.5, 0.6) is 11.5 Å². The predicted molar refractivity (Wildman–Crippen MR) is 138 cm³/mol. The number of nitrogens with zero attached hydrogens (tertiary/aromatic N) is 1. The fourth-order valence-corrected chi connectivity index (χ4v) is 4.96. The van der Waals surface area contributed by atoms with Gasteiger partial charge in [0.1, 0.15) is 23.1 Å². The predicted octanol–water partition coefficient (Wildman–Crippen LogP) is 6.83. The quantitative estimate of drug-likeness (QED) is 0.358. The van der Waals surface area contributed by atoms with Gasteiger partial charge >= 0.3 is 0 Å². The molecule has 35 heavy (non-hydrogen) atoms. The number of ketones is 1. The number of hydrogen-bond acceptors (Lipinski definition) is 4. The van der Waals surface area contributed by atoms with Crippen LogP contribution in [0.1, 0.15) is 54.4 Å². The third kappa shape index (κ3) is 5.84. The smallest absolute Gasteiger partial charge is 0.150 e. The molecule has 1 fully saturated rings. The second kappa shape index (κ2) is 10.9. The van der Waals surface area contributed by atoms with Crippen molar-refractivity contribution >= 4 is 11.5 Å². The Labute approximate surface area is 207 Å². The number of aryl methyl sites for hydroxylation is 1. The molecular weight excluding hydrogens is 441 g/mol. The minimum absolute atomic E-state index is 0.0845. The van der Waals surface area contributed by atoms with Gasteiger partial charge in [-0.15, -0.1) is 0 Å². The van der Waals surface area contributed by atoms with Crippen molar-refractivity contribution in [2.24, 2.45) is 5.92 Å². The van der Waals surface area contributed by atoms with Crippen LogP contribution >= 0.6 is 0 Å². The molecule has 1 aliphatic carbocycles. The molecule has 0 bridgehead atoms. The molecule has 1 aliphatic rings. The van der Waals surface area contributed by atoms with E-state index in [4.69, 9.17) is 9.47 Å². The number of carbonyl (C=O) groups excluding carboxylic acids is 1. The van der Waals surface area contributed by atoms with Gasteiger partial charge in [-0.3, -0.25) is 4.79 Å². The van der Waals surface area contributed by atoms with Crippen molar-refractivity contribution in [2.45, 2.75) is 52.1 Å². The van der Waals surface area contributed by atoms with Gasteiger partial charge < -0.3 is 14.4 Å². The molecule has 184 valence electrons. The summed E-state index contributed by atoms with van der Waals surface area (Å²) < 4.78 is 26.8. The summed E-state index contributed by atoms with van der Waals surface area (Å²) in [5.41, 5.74) is 4.34. The van der Waals surface area contributed by atoms with E-state index in [-0.39, 0.29) is 23.4 Å². The van der Waals surface area contributed by atoms with E-state index in [0.717, 1.165) is 34.6 Å². The zero-order valence-corrected chi connectivity index (χ0v) is 21.0. The van der Waals surface area contributed by atoms with Gasteiger partial charge in [0.25, 0.3) is 0 Å². The number of Topliss-reactive ketones (excluding diaryl/α,β-unsaturated/α-hetero) is 1. The Morgan fingerprint density at radius 3 is 1.97 bits per heavy atom. The lowest BCUT2D eigenvalue weighted by Gasteiger charge is -2.32. The lowest BCUT2D eigenvalue weighted by molar-refractivity contribution is -0.121. The maximum Gasteiger partial charge on any atom is 0.150 e. The molecular formula is C30H34FNO3. The van der Waals surface area contributed by atoms with Crippen LogP contribution in [0, 0.1) is 18.7 Å². The van der Waals surface area contributed by atoms with Crippen LogP contribution in [-0.2, 0) is 17.9 Å². The van der Waals surface area contributed by atoms with E-state index in [9.17, 15) is 4.79 Å². The summed E-state index contributed by atoms with van der Waals surface area (Å²) in [5.74, 6) is 1.77. The van der Waals surface area contributed by atoms with Crippen molar-refractivity contribution in [3.63, 3.8) is 0 Å². The first kappa shape index (κ1) is 24.8. The molecule has 0 saturated heterocycles. The van der Waals surface area contributed by atoms with Gasteiger partial charge in [0.15, 0.2) is 0 Å². The molecule has 4 rings (SSSR count). The third-order valence-electron chi connectivity index (χ3n) is 7.04. The largest absolute Gasteiger partial charge is 0.497 e. The number of anilines is 1. The fraction of sp³-hybridized carbons (Fsp3) is 0.367. The Morgan fingerprint density at radius 2 is 1.46 bits per heavy atom. The van der Waals surface area contributed by atoms with Crippen LogP contribution in [0.15, 0.2) is 60.7 Å². The van der Waals surface area contributed by atoms with E-state index >= 15 is 4.39 Å².